The van der Waals surface area contributed by atoms with Crippen LogP contribution >= 0.6 is 0 Å². The van der Waals surface area contributed by atoms with Gasteiger partial charge in [-0.25, -0.2) is 0 Å². The van der Waals surface area contributed by atoms with Crippen molar-refractivity contribution in [2.24, 2.45) is 0 Å². The molecule has 0 amide bonds. The second kappa shape index (κ2) is 5.80. The third kappa shape index (κ3) is 3.98. The van der Waals surface area contributed by atoms with Gasteiger partial charge in [0.15, 0.2) is 0 Å². The van der Waals surface area contributed by atoms with Crippen LogP contribution in [0.15, 0.2) is 24.3 Å². The van der Waals surface area contributed by atoms with Gasteiger partial charge in [0.05, 0.1) is 5.56 Å². The fourth-order valence-electron chi connectivity index (χ4n) is 1.77. The SMILES string of the molecule is CC(=O)C[C@@H](CC=O)c1cccc(C(F)(F)F)c1. The van der Waals surface area contributed by atoms with Gasteiger partial charge in [-0.1, -0.05) is 18.2 Å². The molecule has 0 bridgehead atoms. The van der Waals surface area contributed by atoms with Gasteiger partial charge < -0.3 is 9.59 Å². The lowest BCUT2D eigenvalue weighted by atomic mass is 9.90. The fraction of sp³-hybridized carbons (Fsp3) is 0.385. The molecule has 2 nitrogen and oxygen atoms in total. The van der Waals surface area contributed by atoms with E-state index >= 15 is 0 Å². The molecule has 0 heterocycles. The van der Waals surface area contributed by atoms with Crippen molar-refractivity contribution in [3.8, 4) is 0 Å². The molecule has 1 atom stereocenters. The first-order chi connectivity index (χ1) is 8.34. The number of benzene rings is 1. The van der Waals surface area contributed by atoms with Crippen LogP contribution in [0, 0.1) is 0 Å². The zero-order chi connectivity index (χ0) is 13.8. The monoisotopic (exact) mass is 258 g/mol. The minimum absolute atomic E-state index is 0.0426. The molecular formula is C13H13F3O2. The Bertz CT molecular complexity index is 438. The fourth-order valence-corrected chi connectivity index (χ4v) is 1.77. The predicted molar refractivity (Wildman–Crippen MR) is 60.2 cm³/mol. The topological polar surface area (TPSA) is 34.1 Å². The van der Waals surface area contributed by atoms with Crippen molar-refractivity contribution in [3.63, 3.8) is 0 Å². The molecule has 0 aliphatic heterocycles. The number of halogens is 3. The number of rotatable bonds is 5. The van der Waals surface area contributed by atoms with E-state index in [4.69, 9.17) is 0 Å². The Morgan fingerprint density at radius 2 is 2.06 bits per heavy atom. The van der Waals surface area contributed by atoms with Crippen molar-refractivity contribution in [1.29, 1.82) is 0 Å². The summed E-state index contributed by atoms with van der Waals surface area (Å²) in [4.78, 5) is 21.6. The molecule has 0 aromatic heterocycles. The molecule has 5 heteroatoms. The van der Waals surface area contributed by atoms with Crippen molar-refractivity contribution in [2.45, 2.75) is 31.9 Å². The molecule has 0 spiro atoms. The largest absolute Gasteiger partial charge is 0.416 e. The molecule has 0 radical (unpaired) electrons. The van der Waals surface area contributed by atoms with Crippen LogP contribution in [0.2, 0.25) is 0 Å². The summed E-state index contributed by atoms with van der Waals surface area (Å²) in [5.41, 5.74) is -0.397. The van der Waals surface area contributed by atoms with Gasteiger partial charge >= 0.3 is 6.18 Å². The van der Waals surface area contributed by atoms with Crippen LogP contribution in [-0.2, 0) is 15.8 Å². The van der Waals surface area contributed by atoms with E-state index in [0.29, 0.717) is 11.8 Å². The quantitative estimate of drug-likeness (QED) is 0.759. The molecule has 0 aliphatic carbocycles. The molecular weight excluding hydrogens is 245 g/mol. The van der Waals surface area contributed by atoms with Crippen LogP contribution in [0.25, 0.3) is 0 Å². The summed E-state index contributed by atoms with van der Waals surface area (Å²) >= 11 is 0. The minimum Gasteiger partial charge on any atom is -0.303 e. The molecule has 0 unspecified atom stereocenters. The molecule has 18 heavy (non-hydrogen) atoms. The first-order valence-corrected chi connectivity index (χ1v) is 5.45. The summed E-state index contributed by atoms with van der Waals surface area (Å²) in [6, 6.07) is 4.76. The van der Waals surface area contributed by atoms with Gasteiger partial charge in [-0.15, -0.1) is 0 Å². The van der Waals surface area contributed by atoms with E-state index in [-0.39, 0.29) is 18.6 Å². The van der Waals surface area contributed by atoms with Crippen LogP contribution in [0.1, 0.15) is 36.8 Å². The first-order valence-electron chi connectivity index (χ1n) is 5.45. The standard InChI is InChI=1S/C13H13F3O2/c1-9(18)7-11(5-6-17)10-3-2-4-12(8-10)13(14,15)16/h2-4,6,8,11H,5,7H2,1H3/t11-/m1/s1. The van der Waals surface area contributed by atoms with E-state index < -0.39 is 17.7 Å². The maximum Gasteiger partial charge on any atom is 0.416 e. The summed E-state index contributed by atoms with van der Waals surface area (Å²) < 4.78 is 37.6. The summed E-state index contributed by atoms with van der Waals surface area (Å²) in [5, 5.41) is 0. The molecule has 0 saturated heterocycles. The highest BCUT2D eigenvalue weighted by molar-refractivity contribution is 5.77. The Balaban J connectivity index is 3.05. The van der Waals surface area contributed by atoms with Gasteiger partial charge in [-0.05, 0) is 24.5 Å². The van der Waals surface area contributed by atoms with Gasteiger partial charge in [-0.2, -0.15) is 13.2 Å². The lowest BCUT2D eigenvalue weighted by molar-refractivity contribution is -0.137. The summed E-state index contributed by atoms with van der Waals surface area (Å²) in [5.74, 6) is -0.637. The highest BCUT2D eigenvalue weighted by Gasteiger charge is 2.31. The summed E-state index contributed by atoms with van der Waals surface area (Å²) in [6.45, 7) is 1.35. The number of carbonyl (C=O) groups excluding carboxylic acids is 2. The van der Waals surface area contributed by atoms with Crippen molar-refractivity contribution in [3.05, 3.63) is 35.4 Å². The number of hydrogen-bond donors (Lipinski definition) is 0. The smallest absolute Gasteiger partial charge is 0.303 e. The number of carbonyl (C=O) groups is 2. The van der Waals surface area contributed by atoms with Crippen LogP contribution in [-0.4, -0.2) is 12.1 Å². The van der Waals surface area contributed by atoms with E-state index in [0.717, 1.165) is 12.1 Å². The molecule has 0 N–H and O–H groups in total. The Kier molecular flexibility index (Phi) is 4.64. The lowest BCUT2D eigenvalue weighted by Gasteiger charge is -2.15. The zero-order valence-corrected chi connectivity index (χ0v) is 9.83. The minimum atomic E-state index is -4.42. The van der Waals surface area contributed by atoms with Crippen LogP contribution in [0.3, 0.4) is 0 Å². The molecule has 0 fully saturated rings. The van der Waals surface area contributed by atoms with E-state index in [1.54, 1.807) is 0 Å². The van der Waals surface area contributed by atoms with Gasteiger partial charge in [0.1, 0.15) is 12.1 Å². The number of ketones is 1. The van der Waals surface area contributed by atoms with Crippen LogP contribution < -0.4 is 0 Å². The highest BCUT2D eigenvalue weighted by atomic mass is 19.4. The van der Waals surface area contributed by atoms with Crippen molar-refractivity contribution in [1.82, 2.24) is 0 Å². The van der Waals surface area contributed by atoms with E-state index in [2.05, 4.69) is 0 Å². The Morgan fingerprint density at radius 1 is 1.39 bits per heavy atom. The number of aldehydes is 1. The van der Waals surface area contributed by atoms with Crippen LogP contribution in [0.4, 0.5) is 13.2 Å². The lowest BCUT2D eigenvalue weighted by Crippen LogP contribution is -2.09. The van der Waals surface area contributed by atoms with Crippen molar-refractivity contribution in [2.75, 3.05) is 0 Å². The third-order valence-electron chi connectivity index (χ3n) is 2.60. The van der Waals surface area contributed by atoms with E-state index in [1.165, 1.54) is 19.1 Å². The maximum absolute atomic E-state index is 12.5. The summed E-state index contributed by atoms with van der Waals surface area (Å²) in [6.07, 6.45) is -3.69. The second-order valence-corrected chi connectivity index (χ2v) is 4.13. The number of hydrogen-bond acceptors (Lipinski definition) is 2. The summed E-state index contributed by atoms with van der Waals surface area (Å²) in [7, 11) is 0. The number of Topliss-reactive ketones (excluding diaryl/α,β-unsaturated/α-hetero) is 1. The molecule has 0 aliphatic rings. The van der Waals surface area contributed by atoms with Gasteiger partial charge in [-0.3, -0.25) is 0 Å². The van der Waals surface area contributed by atoms with Crippen molar-refractivity contribution >= 4 is 12.1 Å². The number of alkyl halides is 3. The van der Waals surface area contributed by atoms with Gasteiger partial charge in [0, 0.05) is 12.8 Å². The highest BCUT2D eigenvalue weighted by Crippen LogP contribution is 2.32. The second-order valence-electron chi connectivity index (χ2n) is 4.13. The Labute approximate surface area is 103 Å². The molecule has 1 rings (SSSR count). The average molecular weight is 258 g/mol. The normalized spacial score (nSPS) is 13.1. The molecule has 1 aromatic carbocycles. The van der Waals surface area contributed by atoms with Gasteiger partial charge in [0.2, 0.25) is 0 Å². The van der Waals surface area contributed by atoms with E-state index in [9.17, 15) is 22.8 Å². The van der Waals surface area contributed by atoms with E-state index in [1.807, 2.05) is 0 Å². The Morgan fingerprint density at radius 3 is 2.56 bits per heavy atom. The average Bonchev–Trinajstić information content (AvgIpc) is 2.27. The zero-order valence-electron chi connectivity index (χ0n) is 9.83. The molecule has 0 saturated carbocycles. The molecule has 98 valence electrons. The third-order valence-corrected chi connectivity index (χ3v) is 2.60. The first kappa shape index (κ1) is 14.4. The van der Waals surface area contributed by atoms with Crippen LogP contribution in [0.5, 0.6) is 0 Å². The Hall–Kier alpha value is -1.65. The van der Waals surface area contributed by atoms with Crippen molar-refractivity contribution < 1.29 is 22.8 Å². The predicted octanol–water partition coefficient (Wildman–Crippen LogP) is 3.36. The molecule has 1 aromatic rings. The maximum atomic E-state index is 12.5. The van der Waals surface area contributed by atoms with Gasteiger partial charge in [0.25, 0.3) is 0 Å².